The van der Waals surface area contributed by atoms with Gasteiger partial charge in [-0.15, -0.1) is 0 Å². The van der Waals surface area contributed by atoms with Crippen LogP contribution in [0.5, 0.6) is 0 Å². The highest BCUT2D eigenvalue weighted by atomic mass is 16.5. The second kappa shape index (κ2) is 6.78. The minimum absolute atomic E-state index is 0.0495. The molecule has 1 N–H and O–H groups in total. The molecule has 6 heteroatoms. The molecule has 1 aromatic carbocycles. The number of rotatable bonds is 4. The summed E-state index contributed by atoms with van der Waals surface area (Å²) in [6, 6.07) is 5.64. The zero-order valence-corrected chi connectivity index (χ0v) is 15.1. The van der Waals surface area contributed by atoms with Crippen LogP contribution in [0.3, 0.4) is 0 Å². The van der Waals surface area contributed by atoms with E-state index >= 15 is 0 Å². The van der Waals surface area contributed by atoms with Gasteiger partial charge in [-0.1, -0.05) is 23.8 Å². The maximum Gasteiger partial charge on any atom is 0.337 e. The van der Waals surface area contributed by atoms with Gasteiger partial charge in [0.1, 0.15) is 0 Å². The summed E-state index contributed by atoms with van der Waals surface area (Å²) in [7, 11) is 1.64. The number of ether oxygens (including phenoxy) is 1. The van der Waals surface area contributed by atoms with Crippen molar-refractivity contribution in [3.05, 3.63) is 57.4 Å². The molecule has 1 aliphatic carbocycles. The average molecular weight is 355 g/mol. The fraction of sp³-hybridized carbons (Fsp3) is 0.350. The van der Waals surface area contributed by atoms with Gasteiger partial charge >= 0.3 is 11.9 Å². The Hall–Kier alpha value is -2.89. The summed E-state index contributed by atoms with van der Waals surface area (Å²) in [5.41, 5.74) is 3.79. The van der Waals surface area contributed by atoms with Gasteiger partial charge in [-0.3, -0.25) is 9.59 Å². The van der Waals surface area contributed by atoms with Crippen LogP contribution < -0.4 is 0 Å². The Morgan fingerprint density at radius 3 is 2.65 bits per heavy atom. The lowest BCUT2D eigenvalue weighted by Gasteiger charge is -2.10. The van der Waals surface area contributed by atoms with Crippen LogP contribution in [-0.4, -0.2) is 34.0 Å². The van der Waals surface area contributed by atoms with Crippen molar-refractivity contribution >= 4 is 17.7 Å². The third-order valence-electron chi connectivity index (χ3n) is 4.81. The van der Waals surface area contributed by atoms with Crippen LogP contribution in [-0.2, 0) is 35.8 Å². The Kier molecular flexibility index (Phi) is 4.68. The smallest absolute Gasteiger partial charge is 0.337 e. The van der Waals surface area contributed by atoms with Gasteiger partial charge in [-0.05, 0) is 37.8 Å². The lowest BCUT2D eigenvalue weighted by atomic mass is 9.99. The summed E-state index contributed by atoms with van der Waals surface area (Å²) < 4.78 is 6.51. The topological polar surface area (TPSA) is 85.6 Å². The summed E-state index contributed by atoms with van der Waals surface area (Å²) >= 11 is 0. The first kappa shape index (κ1) is 17.9. The summed E-state index contributed by atoms with van der Waals surface area (Å²) in [5, 5.41) is 9.74. The first-order valence-corrected chi connectivity index (χ1v) is 8.58. The SMILES string of the molecule is CCOC(=O)Cc1c(C(=O)O)c2c(n1C)C(=O)c1ccc(C)cc1CC2. The fourth-order valence-electron chi connectivity index (χ4n) is 3.68. The highest BCUT2D eigenvalue weighted by molar-refractivity contribution is 6.12. The summed E-state index contributed by atoms with van der Waals surface area (Å²) in [6.45, 7) is 3.87. The Morgan fingerprint density at radius 1 is 1.27 bits per heavy atom. The molecule has 1 aliphatic rings. The number of carboxylic acid groups (broad SMARTS) is 1. The zero-order valence-electron chi connectivity index (χ0n) is 15.1. The van der Waals surface area contributed by atoms with E-state index in [1.807, 2.05) is 19.1 Å². The van der Waals surface area contributed by atoms with Crippen LogP contribution in [0, 0.1) is 6.92 Å². The number of ketones is 1. The number of carbonyl (C=O) groups excluding carboxylic acids is 2. The van der Waals surface area contributed by atoms with Gasteiger partial charge in [-0.25, -0.2) is 4.79 Å². The van der Waals surface area contributed by atoms with E-state index in [0.29, 0.717) is 35.4 Å². The van der Waals surface area contributed by atoms with Crippen molar-refractivity contribution in [2.75, 3.05) is 6.61 Å². The molecule has 26 heavy (non-hydrogen) atoms. The maximum atomic E-state index is 13.1. The normalized spacial score (nSPS) is 13.0. The van der Waals surface area contributed by atoms with E-state index < -0.39 is 11.9 Å². The number of aromatic nitrogens is 1. The minimum atomic E-state index is -1.13. The maximum absolute atomic E-state index is 13.1. The van der Waals surface area contributed by atoms with Crippen molar-refractivity contribution in [2.24, 2.45) is 7.05 Å². The van der Waals surface area contributed by atoms with Crippen molar-refractivity contribution in [3.8, 4) is 0 Å². The van der Waals surface area contributed by atoms with Gasteiger partial charge in [0, 0.05) is 18.3 Å². The Bertz CT molecular complexity index is 923. The second-order valence-corrected chi connectivity index (χ2v) is 6.48. The van der Waals surface area contributed by atoms with Gasteiger partial charge < -0.3 is 14.4 Å². The summed E-state index contributed by atoms with van der Waals surface area (Å²) in [6.07, 6.45) is 0.849. The largest absolute Gasteiger partial charge is 0.478 e. The van der Waals surface area contributed by atoms with E-state index in [1.165, 1.54) is 0 Å². The Balaban J connectivity index is 2.17. The molecule has 1 aromatic heterocycles. The van der Waals surface area contributed by atoms with Crippen LogP contribution in [0.2, 0.25) is 0 Å². The zero-order chi connectivity index (χ0) is 19.0. The van der Waals surface area contributed by atoms with Gasteiger partial charge in [0.25, 0.3) is 0 Å². The number of carboxylic acids is 1. The van der Waals surface area contributed by atoms with Crippen LogP contribution in [0.4, 0.5) is 0 Å². The van der Waals surface area contributed by atoms with Crippen molar-refractivity contribution in [1.82, 2.24) is 4.57 Å². The molecule has 0 fully saturated rings. The summed E-state index contributed by atoms with van der Waals surface area (Å²) in [5.74, 6) is -1.84. The molecule has 6 nitrogen and oxygen atoms in total. The highest BCUT2D eigenvalue weighted by Gasteiger charge is 2.33. The molecule has 0 amide bonds. The predicted molar refractivity (Wildman–Crippen MR) is 94.7 cm³/mol. The number of carbonyl (C=O) groups is 3. The number of aromatic carboxylic acids is 1. The molecule has 0 spiro atoms. The molecule has 0 saturated carbocycles. The molecule has 0 saturated heterocycles. The third-order valence-corrected chi connectivity index (χ3v) is 4.81. The number of aryl methyl sites for hydroxylation is 2. The number of benzene rings is 1. The minimum Gasteiger partial charge on any atom is -0.478 e. The van der Waals surface area contributed by atoms with Crippen LogP contribution in [0.15, 0.2) is 18.2 Å². The standard InChI is InChI=1S/C20H21NO5/c1-4-26-16(22)10-15-17(20(24)25)14-8-6-12-9-11(2)5-7-13(12)19(23)18(14)21(15)3/h5,7,9H,4,6,8,10H2,1-3H3,(H,24,25). The van der Waals surface area contributed by atoms with Gasteiger partial charge in [0.15, 0.2) is 0 Å². The molecule has 0 radical (unpaired) electrons. The quantitative estimate of drug-likeness (QED) is 0.852. The Morgan fingerprint density at radius 2 is 2.00 bits per heavy atom. The van der Waals surface area contributed by atoms with Crippen molar-refractivity contribution in [3.63, 3.8) is 0 Å². The lowest BCUT2D eigenvalue weighted by molar-refractivity contribution is -0.142. The van der Waals surface area contributed by atoms with E-state index in [1.54, 1.807) is 24.6 Å². The molecular formula is C20H21NO5. The number of hydrogen-bond donors (Lipinski definition) is 1. The monoisotopic (exact) mass is 355 g/mol. The highest BCUT2D eigenvalue weighted by Crippen LogP contribution is 2.31. The molecule has 136 valence electrons. The van der Waals surface area contributed by atoms with Crippen LogP contribution in [0.25, 0.3) is 0 Å². The lowest BCUT2D eigenvalue weighted by Crippen LogP contribution is -2.15. The number of nitrogens with zero attached hydrogens (tertiary/aromatic N) is 1. The molecule has 1 heterocycles. The first-order valence-electron chi connectivity index (χ1n) is 8.58. The fourth-order valence-corrected chi connectivity index (χ4v) is 3.68. The molecule has 0 unspecified atom stereocenters. The van der Waals surface area contributed by atoms with Crippen LogP contribution in [0.1, 0.15) is 55.7 Å². The van der Waals surface area contributed by atoms with Crippen molar-refractivity contribution in [2.45, 2.75) is 33.1 Å². The number of esters is 1. The average Bonchev–Trinajstić information content (AvgIpc) is 2.76. The molecule has 0 aliphatic heterocycles. The van der Waals surface area contributed by atoms with Gasteiger partial charge in [0.2, 0.25) is 5.78 Å². The first-order chi connectivity index (χ1) is 12.3. The number of hydrogen-bond acceptors (Lipinski definition) is 4. The van der Waals surface area contributed by atoms with E-state index in [4.69, 9.17) is 4.74 Å². The summed E-state index contributed by atoms with van der Waals surface area (Å²) in [4.78, 5) is 37.0. The number of fused-ring (bicyclic) bond motifs is 2. The van der Waals surface area contributed by atoms with Gasteiger partial charge in [-0.2, -0.15) is 0 Å². The van der Waals surface area contributed by atoms with Crippen molar-refractivity contribution in [1.29, 1.82) is 0 Å². The van der Waals surface area contributed by atoms with E-state index in [2.05, 4.69) is 0 Å². The van der Waals surface area contributed by atoms with E-state index in [9.17, 15) is 19.5 Å². The molecule has 3 rings (SSSR count). The Labute approximate surface area is 151 Å². The van der Waals surface area contributed by atoms with E-state index in [0.717, 1.165) is 11.1 Å². The van der Waals surface area contributed by atoms with E-state index in [-0.39, 0.29) is 24.4 Å². The predicted octanol–water partition coefficient (Wildman–Crippen LogP) is 2.47. The molecule has 0 atom stereocenters. The van der Waals surface area contributed by atoms with Crippen LogP contribution >= 0.6 is 0 Å². The third kappa shape index (κ3) is 2.92. The van der Waals surface area contributed by atoms with Crippen molar-refractivity contribution < 1.29 is 24.2 Å². The molecule has 0 bridgehead atoms. The van der Waals surface area contributed by atoms with Gasteiger partial charge in [0.05, 0.1) is 24.3 Å². The molecular weight excluding hydrogens is 334 g/mol. The second-order valence-electron chi connectivity index (χ2n) is 6.48. The molecule has 2 aromatic rings.